The van der Waals surface area contributed by atoms with Crippen LogP contribution in [0.3, 0.4) is 0 Å². The van der Waals surface area contributed by atoms with E-state index in [-0.39, 0.29) is 11.8 Å². The molecule has 1 aromatic carbocycles. The van der Waals surface area contributed by atoms with E-state index in [9.17, 15) is 9.59 Å². The molecule has 0 bridgehead atoms. The molecule has 0 radical (unpaired) electrons. The van der Waals surface area contributed by atoms with Crippen LogP contribution in [0.1, 0.15) is 57.6 Å². The molecular formula is C17H26O3. The van der Waals surface area contributed by atoms with Crippen LogP contribution in [0, 0.1) is 6.92 Å². The van der Waals surface area contributed by atoms with E-state index in [0.717, 1.165) is 6.29 Å². The average molecular weight is 278 g/mol. The molecule has 1 N–H and O–H groups in total. The van der Waals surface area contributed by atoms with Crippen molar-refractivity contribution in [1.82, 2.24) is 0 Å². The third-order valence-corrected chi connectivity index (χ3v) is 2.88. The number of rotatable bonds is 5. The number of carboxylic acids is 1. The summed E-state index contributed by atoms with van der Waals surface area (Å²) in [4.78, 5) is 19.6. The van der Waals surface area contributed by atoms with E-state index in [0.29, 0.717) is 19.3 Å². The first kappa shape index (κ1) is 18.4. The SMILES string of the molecule is Cc1ccc(C(C)(C)C)cc1.O=CCCCCC(=O)O. The number of carboxylic acid groups (broad SMARTS) is 1. The molecule has 0 amide bonds. The number of unbranched alkanes of at least 4 members (excludes halogenated alkanes) is 2. The Labute approximate surface area is 122 Å². The van der Waals surface area contributed by atoms with Crippen LogP contribution in [0.4, 0.5) is 0 Å². The van der Waals surface area contributed by atoms with Crippen molar-refractivity contribution < 1.29 is 14.7 Å². The summed E-state index contributed by atoms with van der Waals surface area (Å²) in [5.41, 5.74) is 3.02. The van der Waals surface area contributed by atoms with Crippen LogP contribution in [-0.2, 0) is 15.0 Å². The molecule has 0 saturated heterocycles. The second-order valence-electron chi connectivity index (χ2n) is 5.92. The average Bonchev–Trinajstić information content (AvgIpc) is 2.35. The number of benzene rings is 1. The van der Waals surface area contributed by atoms with Crippen LogP contribution in [0.25, 0.3) is 0 Å². The highest BCUT2D eigenvalue weighted by atomic mass is 16.4. The molecule has 1 aromatic rings. The third-order valence-electron chi connectivity index (χ3n) is 2.88. The van der Waals surface area contributed by atoms with Crippen molar-refractivity contribution in [2.24, 2.45) is 0 Å². The molecular weight excluding hydrogens is 252 g/mol. The zero-order valence-electron chi connectivity index (χ0n) is 13.0. The van der Waals surface area contributed by atoms with Gasteiger partial charge in [0.05, 0.1) is 0 Å². The third kappa shape index (κ3) is 9.31. The predicted molar refractivity (Wildman–Crippen MR) is 82.0 cm³/mol. The van der Waals surface area contributed by atoms with Crippen LogP contribution in [0.2, 0.25) is 0 Å². The van der Waals surface area contributed by atoms with E-state index in [1.54, 1.807) is 0 Å². The van der Waals surface area contributed by atoms with Crippen LogP contribution in [0.5, 0.6) is 0 Å². The quantitative estimate of drug-likeness (QED) is 0.651. The van der Waals surface area contributed by atoms with Crippen molar-refractivity contribution in [2.45, 2.75) is 58.8 Å². The highest BCUT2D eigenvalue weighted by Crippen LogP contribution is 2.21. The Balaban J connectivity index is 0.000000370. The fourth-order valence-corrected chi connectivity index (χ4v) is 1.56. The van der Waals surface area contributed by atoms with E-state index >= 15 is 0 Å². The molecule has 20 heavy (non-hydrogen) atoms. The second-order valence-corrected chi connectivity index (χ2v) is 5.92. The van der Waals surface area contributed by atoms with Gasteiger partial charge in [-0.3, -0.25) is 4.79 Å². The van der Waals surface area contributed by atoms with Crippen molar-refractivity contribution >= 4 is 12.3 Å². The topological polar surface area (TPSA) is 54.4 Å². The van der Waals surface area contributed by atoms with Gasteiger partial charge in [0.2, 0.25) is 0 Å². The van der Waals surface area contributed by atoms with Crippen molar-refractivity contribution in [3.05, 3.63) is 35.4 Å². The van der Waals surface area contributed by atoms with Gasteiger partial charge in [0, 0.05) is 12.8 Å². The first-order valence-corrected chi connectivity index (χ1v) is 7.00. The summed E-state index contributed by atoms with van der Waals surface area (Å²) in [6, 6.07) is 8.74. The second kappa shape index (κ2) is 9.29. The Hall–Kier alpha value is -1.64. The Kier molecular flexibility index (Phi) is 8.53. The van der Waals surface area contributed by atoms with E-state index in [1.165, 1.54) is 11.1 Å². The molecule has 0 heterocycles. The van der Waals surface area contributed by atoms with E-state index in [4.69, 9.17) is 5.11 Å². The number of hydrogen-bond donors (Lipinski definition) is 1. The Morgan fingerprint density at radius 2 is 1.70 bits per heavy atom. The van der Waals surface area contributed by atoms with Crippen molar-refractivity contribution in [3.63, 3.8) is 0 Å². The minimum Gasteiger partial charge on any atom is -0.481 e. The monoisotopic (exact) mass is 278 g/mol. The van der Waals surface area contributed by atoms with Crippen molar-refractivity contribution in [2.75, 3.05) is 0 Å². The molecule has 1 rings (SSSR count). The lowest BCUT2D eigenvalue weighted by atomic mass is 9.87. The maximum atomic E-state index is 9.87. The summed E-state index contributed by atoms with van der Waals surface area (Å²) in [6.45, 7) is 8.82. The van der Waals surface area contributed by atoms with Crippen molar-refractivity contribution in [1.29, 1.82) is 0 Å². The summed E-state index contributed by atoms with van der Waals surface area (Å²) >= 11 is 0. The Morgan fingerprint density at radius 1 is 1.15 bits per heavy atom. The molecule has 0 atom stereocenters. The standard InChI is InChI=1S/C11H16.C6H10O3/c1-9-5-7-10(8-6-9)11(2,3)4;7-5-3-1-2-4-6(8)9/h5-8H,1-4H3;5H,1-4H2,(H,8,9). The lowest BCUT2D eigenvalue weighted by Gasteiger charge is -2.18. The number of carbonyl (C=O) groups is 2. The van der Waals surface area contributed by atoms with Crippen LogP contribution in [-0.4, -0.2) is 17.4 Å². The smallest absolute Gasteiger partial charge is 0.303 e. The lowest BCUT2D eigenvalue weighted by molar-refractivity contribution is -0.137. The van der Waals surface area contributed by atoms with Gasteiger partial charge in [0.1, 0.15) is 6.29 Å². The summed E-state index contributed by atoms with van der Waals surface area (Å²) < 4.78 is 0. The van der Waals surface area contributed by atoms with Crippen LogP contribution >= 0.6 is 0 Å². The van der Waals surface area contributed by atoms with Gasteiger partial charge in [-0.05, 0) is 30.7 Å². The molecule has 3 heteroatoms. The normalized spacial score (nSPS) is 10.4. The maximum absolute atomic E-state index is 9.87. The molecule has 0 aliphatic heterocycles. The van der Waals surface area contributed by atoms with Gasteiger partial charge in [0.15, 0.2) is 0 Å². The Bertz CT molecular complexity index is 399. The zero-order valence-corrected chi connectivity index (χ0v) is 13.0. The van der Waals surface area contributed by atoms with Crippen LogP contribution in [0.15, 0.2) is 24.3 Å². The van der Waals surface area contributed by atoms with Crippen molar-refractivity contribution in [3.8, 4) is 0 Å². The number of hydrogen-bond acceptors (Lipinski definition) is 2. The summed E-state index contributed by atoms with van der Waals surface area (Å²) in [5.74, 6) is -0.791. The van der Waals surface area contributed by atoms with Gasteiger partial charge >= 0.3 is 5.97 Å². The molecule has 0 fully saturated rings. The maximum Gasteiger partial charge on any atom is 0.303 e. The molecule has 3 nitrogen and oxygen atoms in total. The highest BCUT2D eigenvalue weighted by molar-refractivity contribution is 5.66. The zero-order chi connectivity index (χ0) is 15.6. The lowest BCUT2D eigenvalue weighted by Crippen LogP contribution is -2.10. The largest absolute Gasteiger partial charge is 0.481 e. The summed E-state index contributed by atoms with van der Waals surface area (Å²) in [6.07, 6.45) is 2.76. The van der Waals surface area contributed by atoms with Gasteiger partial charge in [-0.2, -0.15) is 0 Å². The molecule has 0 spiro atoms. The van der Waals surface area contributed by atoms with Gasteiger partial charge in [-0.15, -0.1) is 0 Å². The molecule has 112 valence electrons. The van der Waals surface area contributed by atoms with Gasteiger partial charge < -0.3 is 9.90 Å². The minimum atomic E-state index is -0.791. The fourth-order valence-electron chi connectivity index (χ4n) is 1.56. The molecule has 0 saturated carbocycles. The predicted octanol–water partition coefficient (Wildman–Crippen LogP) is 4.12. The molecule has 0 aliphatic carbocycles. The number of carbonyl (C=O) groups excluding carboxylic acids is 1. The van der Waals surface area contributed by atoms with Gasteiger partial charge in [-0.1, -0.05) is 50.6 Å². The van der Waals surface area contributed by atoms with Crippen LogP contribution < -0.4 is 0 Å². The van der Waals surface area contributed by atoms with E-state index in [1.807, 2.05) is 0 Å². The number of aryl methyl sites for hydroxylation is 1. The molecule has 0 unspecified atom stereocenters. The van der Waals surface area contributed by atoms with E-state index < -0.39 is 5.97 Å². The van der Waals surface area contributed by atoms with E-state index in [2.05, 4.69) is 52.0 Å². The molecule has 0 aliphatic rings. The highest BCUT2D eigenvalue weighted by Gasteiger charge is 2.11. The minimum absolute atomic E-state index is 0.174. The number of aldehydes is 1. The number of aliphatic carboxylic acids is 1. The first-order chi connectivity index (χ1) is 9.27. The first-order valence-electron chi connectivity index (χ1n) is 7.00. The molecule has 0 aromatic heterocycles. The summed E-state index contributed by atoms with van der Waals surface area (Å²) in [7, 11) is 0. The fraction of sp³-hybridized carbons (Fsp3) is 0.529. The van der Waals surface area contributed by atoms with Gasteiger partial charge in [0.25, 0.3) is 0 Å². The summed E-state index contributed by atoms with van der Waals surface area (Å²) in [5, 5.41) is 8.12. The Morgan fingerprint density at radius 3 is 2.10 bits per heavy atom. The van der Waals surface area contributed by atoms with Gasteiger partial charge in [-0.25, -0.2) is 0 Å².